The minimum atomic E-state index is 0.178. The van der Waals surface area contributed by atoms with Crippen molar-refractivity contribution in [2.45, 2.75) is 53.1 Å². The first-order chi connectivity index (χ1) is 11.9. The molecule has 1 aliphatic rings. The van der Waals surface area contributed by atoms with E-state index in [1.165, 1.54) is 11.1 Å². The lowest BCUT2D eigenvalue weighted by Crippen LogP contribution is -2.45. The normalized spacial score (nSPS) is 18.1. The van der Waals surface area contributed by atoms with Crippen molar-refractivity contribution in [1.82, 2.24) is 19.7 Å². The fourth-order valence-electron chi connectivity index (χ4n) is 3.81. The van der Waals surface area contributed by atoms with Crippen molar-refractivity contribution in [3.8, 4) is 0 Å². The molecule has 6 heteroatoms. The predicted octanol–water partition coefficient (Wildman–Crippen LogP) is 2.46. The Morgan fingerprint density at radius 1 is 1.28 bits per heavy atom. The van der Waals surface area contributed by atoms with Crippen LogP contribution in [0.1, 0.15) is 42.3 Å². The molecule has 0 saturated carbocycles. The van der Waals surface area contributed by atoms with Crippen molar-refractivity contribution in [1.29, 1.82) is 0 Å². The summed E-state index contributed by atoms with van der Waals surface area (Å²) in [5, 5.41) is 5.60. The van der Waals surface area contributed by atoms with Crippen molar-refractivity contribution >= 4 is 16.9 Å². The molecular formula is C19H28N4O2. The van der Waals surface area contributed by atoms with Gasteiger partial charge in [0.05, 0.1) is 18.4 Å². The molecule has 0 N–H and O–H groups in total. The molecule has 1 aliphatic heterocycles. The van der Waals surface area contributed by atoms with Crippen molar-refractivity contribution in [2.75, 3.05) is 19.7 Å². The maximum Gasteiger partial charge on any atom is 0.223 e. The number of morpholine rings is 1. The molecule has 0 aromatic carbocycles. The molecular weight excluding hydrogens is 316 g/mol. The molecule has 3 rings (SSSR count). The van der Waals surface area contributed by atoms with Crippen molar-refractivity contribution in [3.05, 3.63) is 22.5 Å². The summed E-state index contributed by atoms with van der Waals surface area (Å²) < 4.78 is 7.49. The van der Waals surface area contributed by atoms with Crippen LogP contribution in [0.5, 0.6) is 0 Å². The second-order valence-electron chi connectivity index (χ2n) is 6.95. The Morgan fingerprint density at radius 2 is 2.04 bits per heavy atom. The number of pyridine rings is 1. The highest BCUT2D eigenvalue weighted by atomic mass is 16.5. The molecule has 0 aliphatic carbocycles. The fraction of sp³-hybridized carbons (Fsp3) is 0.632. The van der Waals surface area contributed by atoms with Gasteiger partial charge in [0.2, 0.25) is 5.91 Å². The van der Waals surface area contributed by atoms with Crippen LogP contribution in [0, 0.1) is 20.8 Å². The van der Waals surface area contributed by atoms with Gasteiger partial charge in [-0.15, -0.1) is 0 Å². The zero-order chi connectivity index (χ0) is 18.1. The van der Waals surface area contributed by atoms with Gasteiger partial charge in [-0.3, -0.25) is 9.48 Å². The number of carbonyl (C=O) groups is 1. The number of aryl methyl sites for hydroxylation is 4. The van der Waals surface area contributed by atoms with Crippen molar-refractivity contribution in [3.63, 3.8) is 0 Å². The molecule has 2 aromatic heterocycles. The van der Waals surface area contributed by atoms with E-state index in [2.05, 4.69) is 18.9 Å². The number of nitrogens with zero attached hydrogens (tertiary/aromatic N) is 4. The third kappa shape index (κ3) is 3.40. The number of fused-ring (bicyclic) bond motifs is 1. The first kappa shape index (κ1) is 17.9. The third-order valence-corrected chi connectivity index (χ3v) is 5.27. The Bertz CT molecular complexity index is 797. The smallest absolute Gasteiger partial charge is 0.223 e. The SMILES string of the molecule is CCC1CN(C(=O)CCc2c(C)nc3c(c(C)nn3C)c2C)CCO1. The lowest BCUT2D eigenvalue weighted by molar-refractivity contribution is -0.138. The van der Waals surface area contributed by atoms with E-state index in [4.69, 9.17) is 9.72 Å². The highest BCUT2D eigenvalue weighted by Crippen LogP contribution is 2.26. The van der Waals surface area contributed by atoms with E-state index in [9.17, 15) is 4.79 Å². The maximum atomic E-state index is 12.6. The van der Waals surface area contributed by atoms with Crippen LogP contribution >= 0.6 is 0 Å². The molecule has 2 aromatic rings. The van der Waals surface area contributed by atoms with Gasteiger partial charge in [-0.25, -0.2) is 4.98 Å². The summed E-state index contributed by atoms with van der Waals surface area (Å²) in [5.41, 5.74) is 5.29. The fourth-order valence-corrected chi connectivity index (χ4v) is 3.81. The van der Waals surface area contributed by atoms with Gasteiger partial charge in [0.1, 0.15) is 0 Å². The Morgan fingerprint density at radius 3 is 2.76 bits per heavy atom. The number of carbonyl (C=O) groups excluding carboxylic acids is 1. The molecule has 1 saturated heterocycles. The Balaban J connectivity index is 1.77. The van der Waals surface area contributed by atoms with Crippen LogP contribution in [0.2, 0.25) is 0 Å². The van der Waals surface area contributed by atoms with E-state index >= 15 is 0 Å². The van der Waals surface area contributed by atoms with Gasteiger partial charge in [0.15, 0.2) is 5.65 Å². The second-order valence-corrected chi connectivity index (χ2v) is 6.95. The molecule has 6 nitrogen and oxygen atoms in total. The van der Waals surface area contributed by atoms with Gasteiger partial charge in [-0.05, 0) is 44.7 Å². The number of hydrogen-bond acceptors (Lipinski definition) is 4. The summed E-state index contributed by atoms with van der Waals surface area (Å²) in [7, 11) is 1.92. The average molecular weight is 344 g/mol. The molecule has 1 fully saturated rings. The quantitative estimate of drug-likeness (QED) is 0.855. The average Bonchev–Trinajstić information content (AvgIpc) is 2.88. The van der Waals surface area contributed by atoms with Gasteiger partial charge >= 0.3 is 0 Å². The van der Waals surface area contributed by atoms with Crippen LogP contribution in [0.25, 0.3) is 11.0 Å². The van der Waals surface area contributed by atoms with Crippen LogP contribution in [-0.4, -0.2) is 51.4 Å². The highest BCUT2D eigenvalue weighted by molar-refractivity contribution is 5.84. The number of rotatable bonds is 4. The molecule has 1 amide bonds. The molecule has 1 atom stereocenters. The van der Waals surface area contributed by atoms with Crippen LogP contribution in [0.4, 0.5) is 0 Å². The standard InChI is InChI=1S/C19H28N4O2/c1-6-15-11-23(9-10-25-15)17(24)8-7-16-12(2)18-14(4)21-22(5)19(18)20-13(16)3/h15H,6-11H2,1-5H3. The maximum absolute atomic E-state index is 12.6. The van der Waals surface area contributed by atoms with Crippen LogP contribution in [0.3, 0.4) is 0 Å². The Hall–Kier alpha value is -1.95. The lowest BCUT2D eigenvalue weighted by Gasteiger charge is -2.32. The second kappa shape index (κ2) is 7.12. The van der Waals surface area contributed by atoms with Crippen LogP contribution < -0.4 is 0 Å². The minimum Gasteiger partial charge on any atom is -0.375 e. The van der Waals surface area contributed by atoms with Crippen LogP contribution in [-0.2, 0) is 23.0 Å². The summed E-state index contributed by atoms with van der Waals surface area (Å²) in [6.07, 6.45) is 2.37. The zero-order valence-corrected chi connectivity index (χ0v) is 15.9. The van der Waals surface area contributed by atoms with Gasteiger partial charge in [0.25, 0.3) is 0 Å². The minimum absolute atomic E-state index is 0.178. The van der Waals surface area contributed by atoms with Gasteiger partial charge in [-0.1, -0.05) is 6.92 Å². The highest BCUT2D eigenvalue weighted by Gasteiger charge is 2.23. The topological polar surface area (TPSA) is 60.2 Å². The van der Waals surface area contributed by atoms with Gasteiger partial charge < -0.3 is 9.64 Å². The number of aromatic nitrogens is 3. The largest absolute Gasteiger partial charge is 0.375 e. The summed E-state index contributed by atoms with van der Waals surface area (Å²) in [6.45, 7) is 10.3. The summed E-state index contributed by atoms with van der Waals surface area (Å²) in [6, 6.07) is 0. The molecule has 0 bridgehead atoms. The van der Waals surface area contributed by atoms with Crippen LogP contribution in [0.15, 0.2) is 0 Å². The number of hydrogen-bond donors (Lipinski definition) is 0. The van der Waals surface area contributed by atoms with Gasteiger partial charge in [0, 0.05) is 37.6 Å². The van der Waals surface area contributed by atoms with E-state index in [0.29, 0.717) is 26.1 Å². The summed E-state index contributed by atoms with van der Waals surface area (Å²) in [4.78, 5) is 19.3. The van der Waals surface area contributed by atoms with E-state index in [-0.39, 0.29) is 12.0 Å². The first-order valence-electron chi connectivity index (χ1n) is 9.11. The van der Waals surface area contributed by atoms with E-state index < -0.39 is 0 Å². The molecule has 25 heavy (non-hydrogen) atoms. The van der Waals surface area contributed by atoms with E-state index in [1.54, 1.807) is 0 Å². The van der Waals surface area contributed by atoms with Crippen molar-refractivity contribution < 1.29 is 9.53 Å². The predicted molar refractivity (Wildman–Crippen MR) is 97.7 cm³/mol. The Labute approximate surface area is 149 Å². The molecule has 0 radical (unpaired) electrons. The molecule has 1 unspecified atom stereocenters. The number of ether oxygens (including phenoxy) is 1. The lowest BCUT2D eigenvalue weighted by atomic mass is 9.99. The molecule has 0 spiro atoms. The summed E-state index contributed by atoms with van der Waals surface area (Å²) >= 11 is 0. The third-order valence-electron chi connectivity index (χ3n) is 5.27. The van der Waals surface area contributed by atoms with E-state index in [0.717, 1.165) is 35.3 Å². The molecule has 136 valence electrons. The number of amides is 1. The van der Waals surface area contributed by atoms with Crippen molar-refractivity contribution in [2.24, 2.45) is 7.05 Å². The first-order valence-corrected chi connectivity index (χ1v) is 9.11. The molecule has 3 heterocycles. The van der Waals surface area contributed by atoms with E-state index in [1.807, 2.05) is 30.5 Å². The van der Waals surface area contributed by atoms with Gasteiger partial charge in [-0.2, -0.15) is 5.10 Å². The monoisotopic (exact) mass is 344 g/mol. The summed E-state index contributed by atoms with van der Waals surface area (Å²) in [5.74, 6) is 0.212. The Kier molecular flexibility index (Phi) is 5.08. The zero-order valence-electron chi connectivity index (χ0n) is 15.9.